The molecule has 0 aliphatic heterocycles. The minimum absolute atomic E-state index is 0.0810. The number of aromatic amines is 1. The minimum atomic E-state index is -3.81. The van der Waals surface area contributed by atoms with Crippen LogP contribution in [0.3, 0.4) is 0 Å². The van der Waals surface area contributed by atoms with E-state index >= 15 is 0 Å². The van der Waals surface area contributed by atoms with Crippen LogP contribution in [0.2, 0.25) is 0 Å². The molecule has 0 aromatic carbocycles. The van der Waals surface area contributed by atoms with E-state index in [0.717, 1.165) is 0 Å². The van der Waals surface area contributed by atoms with Gasteiger partial charge in [0.1, 0.15) is 4.90 Å². The second-order valence-corrected chi connectivity index (χ2v) is 5.60. The van der Waals surface area contributed by atoms with Crippen molar-refractivity contribution in [3.8, 4) is 0 Å². The van der Waals surface area contributed by atoms with Gasteiger partial charge in [0.2, 0.25) is 0 Å². The summed E-state index contributed by atoms with van der Waals surface area (Å²) in [6.07, 6.45) is 2.71. The highest BCUT2D eigenvalue weighted by atomic mass is 32.2. The Labute approximate surface area is 116 Å². The Balaban J connectivity index is 2.32. The van der Waals surface area contributed by atoms with E-state index in [1.165, 1.54) is 12.4 Å². The Morgan fingerprint density at radius 1 is 1.35 bits per heavy atom. The summed E-state index contributed by atoms with van der Waals surface area (Å²) in [7, 11) is -3.81. The van der Waals surface area contributed by atoms with E-state index < -0.39 is 10.0 Å². The van der Waals surface area contributed by atoms with Gasteiger partial charge in [-0.15, -0.1) is 5.10 Å². The van der Waals surface area contributed by atoms with Crippen LogP contribution in [0.5, 0.6) is 0 Å². The lowest BCUT2D eigenvalue weighted by Crippen LogP contribution is -2.20. The van der Waals surface area contributed by atoms with Crippen molar-refractivity contribution in [3.63, 3.8) is 0 Å². The van der Waals surface area contributed by atoms with Crippen molar-refractivity contribution in [1.29, 1.82) is 0 Å². The van der Waals surface area contributed by atoms with E-state index in [9.17, 15) is 8.42 Å². The van der Waals surface area contributed by atoms with Gasteiger partial charge in [-0.3, -0.25) is 5.10 Å². The van der Waals surface area contributed by atoms with Gasteiger partial charge in [-0.25, -0.2) is 18.1 Å². The normalized spacial score (nSPS) is 11.5. The van der Waals surface area contributed by atoms with Crippen molar-refractivity contribution in [2.75, 3.05) is 11.3 Å². The van der Waals surface area contributed by atoms with Crippen molar-refractivity contribution in [2.24, 2.45) is 0 Å². The summed E-state index contributed by atoms with van der Waals surface area (Å²) in [6, 6.07) is 0. The van der Waals surface area contributed by atoms with Crippen LogP contribution in [0.25, 0.3) is 0 Å². The predicted octanol–water partition coefficient (Wildman–Crippen LogP) is -0.187. The zero-order valence-electron chi connectivity index (χ0n) is 11.1. The molecule has 0 amide bonds. The summed E-state index contributed by atoms with van der Waals surface area (Å²) in [4.78, 5) is 3.89. The van der Waals surface area contributed by atoms with Gasteiger partial charge >= 0.3 is 0 Å². The SMILES string of the molecule is CCNCc1n[nH]c(C)c1S(=O)(=O)Nc1nccnn1. The van der Waals surface area contributed by atoms with E-state index in [2.05, 4.69) is 35.4 Å². The van der Waals surface area contributed by atoms with Gasteiger partial charge < -0.3 is 5.32 Å². The molecule has 10 heteroatoms. The van der Waals surface area contributed by atoms with Gasteiger partial charge in [0.05, 0.1) is 23.8 Å². The molecular weight excluding hydrogens is 282 g/mol. The van der Waals surface area contributed by atoms with Gasteiger partial charge in [0, 0.05) is 6.54 Å². The molecule has 0 fully saturated rings. The van der Waals surface area contributed by atoms with Gasteiger partial charge in [0.25, 0.3) is 16.0 Å². The third-order valence-electron chi connectivity index (χ3n) is 2.48. The highest BCUT2D eigenvalue weighted by Crippen LogP contribution is 2.19. The van der Waals surface area contributed by atoms with Gasteiger partial charge in [-0.1, -0.05) is 6.92 Å². The molecule has 0 bridgehead atoms. The molecule has 20 heavy (non-hydrogen) atoms. The van der Waals surface area contributed by atoms with Crippen LogP contribution in [-0.4, -0.2) is 40.3 Å². The number of nitrogens with one attached hydrogen (secondary N) is 3. The molecule has 2 aromatic heterocycles. The Bertz CT molecular complexity index is 668. The number of sulfonamides is 1. The van der Waals surface area contributed by atoms with E-state index in [-0.39, 0.29) is 10.8 Å². The Kier molecular flexibility index (Phi) is 4.25. The third-order valence-corrected chi connectivity index (χ3v) is 4.01. The van der Waals surface area contributed by atoms with Crippen molar-refractivity contribution in [3.05, 3.63) is 23.8 Å². The summed E-state index contributed by atoms with van der Waals surface area (Å²) < 4.78 is 27.0. The molecule has 2 rings (SSSR count). The van der Waals surface area contributed by atoms with E-state index in [1.807, 2.05) is 6.92 Å². The zero-order valence-corrected chi connectivity index (χ0v) is 11.9. The molecule has 0 unspecified atom stereocenters. The highest BCUT2D eigenvalue weighted by Gasteiger charge is 2.25. The van der Waals surface area contributed by atoms with E-state index in [0.29, 0.717) is 24.5 Å². The molecule has 2 heterocycles. The summed E-state index contributed by atoms with van der Waals surface area (Å²) >= 11 is 0. The number of H-pyrrole nitrogens is 1. The monoisotopic (exact) mass is 297 g/mol. The molecule has 0 radical (unpaired) electrons. The Morgan fingerprint density at radius 3 is 2.80 bits per heavy atom. The lowest BCUT2D eigenvalue weighted by atomic mass is 10.3. The number of anilines is 1. The first-order valence-electron chi connectivity index (χ1n) is 5.95. The van der Waals surface area contributed by atoms with Crippen LogP contribution in [-0.2, 0) is 16.6 Å². The summed E-state index contributed by atoms with van der Waals surface area (Å²) in [5.74, 6) is -0.0810. The Hall–Kier alpha value is -2.07. The second-order valence-electron chi connectivity index (χ2n) is 3.98. The average Bonchev–Trinajstić information content (AvgIpc) is 2.79. The molecule has 3 N–H and O–H groups in total. The molecule has 0 atom stereocenters. The van der Waals surface area contributed by atoms with Crippen molar-refractivity contribution < 1.29 is 8.42 Å². The fourth-order valence-corrected chi connectivity index (χ4v) is 2.97. The largest absolute Gasteiger partial charge is 0.311 e. The van der Waals surface area contributed by atoms with Crippen molar-refractivity contribution in [2.45, 2.75) is 25.3 Å². The molecule has 0 aliphatic carbocycles. The topological polar surface area (TPSA) is 126 Å². The number of aromatic nitrogens is 5. The molecule has 2 aromatic rings. The van der Waals surface area contributed by atoms with Crippen LogP contribution >= 0.6 is 0 Å². The first-order chi connectivity index (χ1) is 9.54. The highest BCUT2D eigenvalue weighted by molar-refractivity contribution is 7.92. The van der Waals surface area contributed by atoms with Crippen LogP contribution in [0.15, 0.2) is 17.3 Å². The number of nitrogens with zero attached hydrogens (tertiary/aromatic N) is 4. The lowest BCUT2D eigenvalue weighted by Gasteiger charge is -2.07. The fraction of sp³-hybridized carbons (Fsp3) is 0.400. The smallest absolute Gasteiger partial charge is 0.267 e. The van der Waals surface area contributed by atoms with E-state index in [4.69, 9.17) is 0 Å². The second kappa shape index (κ2) is 5.92. The third kappa shape index (κ3) is 3.08. The summed E-state index contributed by atoms with van der Waals surface area (Å²) in [6.45, 7) is 4.63. The first kappa shape index (κ1) is 14.3. The summed E-state index contributed by atoms with van der Waals surface area (Å²) in [5.41, 5.74) is 0.870. The van der Waals surface area contributed by atoms with Gasteiger partial charge in [0.15, 0.2) is 0 Å². The maximum Gasteiger partial charge on any atom is 0.267 e. The molecule has 0 spiro atoms. The number of rotatable bonds is 6. The molecule has 0 saturated heterocycles. The van der Waals surface area contributed by atoms with Crippen molar-refractivity contribution in [1.82, 2.24) is 30.7 Å². The lowest BCUT2D eigenvalue weighted by molar-refractivity contribution is 0.597. The van der Waals surface area contributed by atoms with Crippen LogP contribution in [0, 0.1) is 6.92 Å². The average molecular weight is 297 g/mol. The van der Waals surface area contributed by atoms with Crippen LogP contribution in [0.1, 0.15) is 18.3 Å². The zero-order chi connectivity index (χ0) is 14.6. The predicted molar refractivity (Wildman–Crippen MR) is 71.3 cm³/mol. The number of hydrogen-bond acceptors (Lipinski definition) is 7. The van der Waals surface area contributed by atoms with Crippen LogP contribution < -0.4 is 10.0 Å². The summed E-state index contributed by atoms with van der Waals surface area (Å²) in [5, 5.41) is 16.9. The van der Waals surface area contributed by atoms with Crippen LogP contribution in [0.4, 0.5) is 5.95 Å². The van der Waals surface area contributed by atoms with E-state index in [1.54, 1.807) is 6.92 Å². The number of hydrogen-bond donors (Lipinski definition) is 3. The maximum absolute atomic E-state index is 12.4. The molecule has 0 aliphatic rings. The maximum atomic E-state index is 12.4. The quantitative estimate of drug-likeness (QED) is 0.674. The Morgan fingerprint density at radius 2 is 2.15 bits per heavy atom. The van der Waals surface area contributed by atoms with Gasteiger partial charge in [-0.2, -0.15) is 10.2 Å². The molecule has 108 valence electrons. The molecule has 9 nitrogen and oxygen atoms in total. The van der Waals surface area contributed by atoms with Crippen molar-refractivity contribution >= 4 is 16.0 Å². The fourth-order valence-electron chi connectivity index (χ4n) is 1.65. The standard InChI is InChI=1S/C10H15N7O2S/c1-3-11-6-8-9(7(2)14-15-8)20(18,19)17-10-12-4-5-13-16-10/h4-5,11H,3,6H2,1-2H3,(H,14,15)(H,12,16,17). The van der Waals surface area contributed by atoms with Gasteiger partial charge in [-0.05, 0) is 13.5 Å². The minimum Gasteiger partial charge on any atom is -0.311 e. The first-order valence-corrected chi connectivity index (χ1v) is 7.44. The number of aryl methyl sites for hydroxylation is 1. The molecular formula is C10H15N7O2S. The molecule has 0 saturated carbocycles.